The summed E-state index contributed by atoms with van der Waals surface area (Å²) in [5.41, 5.74) is 5.40. The molecule has 104 valence electrons. The average molecular weight is 291 g/mol. The van der Waals surface area contributed by atoms with E-state index in [2.05, 4.69) is 0 Å². The van der Waals surface area contributed by atoms with Crippen molar-refractivity contribution in [2.24, 2.45) is 5.73 Å². The lowest BCUT2D eigenvalue weighted by Crippen LogP contribution is -2.42. The Morgan fingerprint density at radius 2 is 2.17 bits per heavy atom. The highest BCUT2D eigenvalue weighted by Crippen LogP contribution is 2.16. The maximum absolute atomic E-state index is 12.3. The Labute approximate surface area is 113 Å². The number of thiophene rings is 1. The van der Waals surface area contributed by atoms with Crippen molar-refractivity contribution in [1.29, 1.82) is 0 Å². The normalized spacial score (nSPS) is 12.5. The fourth-order valence-electron chi connectivity index (χ4n) is 1.56. The zero-order chi connectivity index (χ0) is 13.6. The first-order chi connectivity index (χ1) is 8.52. The second-order valence-corrected chi connectivity index (χ2v) is 7.04. The highest BCUT2D eigenvalue weighted by Gasteiger charge is 2.25. The fraction of sp³-hybridized carbons (Fsp3) is 0.636. The van der Waals surface area contributed by atoms with Gasteiger partial charge in [-0.15, -0.1) is 11.3 Å². The molecule has 0 spiro atoms. The second kappa shape index (κ2) is 7.20. The third-order valence-electron chi connectivity index (χ3n) is 2.66. The molecule has 0 saturated carbocycles. The molecule has 5 nitrogen and oxygen atoms in total. The Bertz CT molecular complexity index is 431. The SMILES string of the molecule is CCN(Cc1cccs1)S(=O)(=O)N(C)CCCN. The first kappa shape index (κ1) is 15.6. The van der Waals surface area contributed by atoms with Gasteiger partial charge in [0.15, 0.2) is 0 Å². The third kappa shape index (κ3) is 4.03. The van der Waals surface area contributed by atoms with Gasteiger partial charge in [-0.25, -0.2) is 0 Å². The van der Waals surface area contributed by atoms with E-state index >= 15 is 0 Å². The molecule has 0 fully saturated rings. The molecule has 18 heavy (non-hydrogen) atoms. The topological polar surface area (TPSA) is 66.6 Å². The molecule has 0 aliphatic heterocycles. The predicted molar refractivity (Wildman–Crippen MR) is 75.6 cm³/mol. The first-order valence-corrected chi connectivity index (χ1v) is 8.24. The summed E-state index contributed by atoms with van der Waals surface area (Å²) in [7, 11) is -1.78. The Morgan fingerprint density at radius 3 is 2.67 bits per heavy atom. The summed E-state index contributed by atoms with van der Waals surface area (Å²) in [4.78, 5) is 1.05. The minimum Gasteiger partial charge on any atom is -0.330 e. The molecule has 1 heterocycles. The predicted octanol–water partition coefficient (Wildman–Crippen LogP) is 1.10. The molecular formula is C11H21N3O2S2. The Hall–Kier alpha value is -0.470. The van der Waals surface area contributed by atoms with Crippen LogP contribution in [0.4, 0.5) is 0 Å². The summed E-state index contributed by atoms with van der Waals surface area (Å²) >= 11 is 1.57. The third-order valence-corrected chi connectivity index (χ3v) is 5.53. The van der Waals surface area contributed by atoms with Gasteiger partial charge in [-0.3, -0.25) is 0 Å². The summed E-state index contributed by atoms with van der Waals surface area (Å²) in [6.45, 7) is 3.70. The van der Waals surface area contributed by atoms with Crippen molar-refractivity contribution in [3.8, 4) is 0 Å². The average Bonchev–Trinajstić information content (AvgIpc) is 2.85. The number of hydrogen-bond donors (Lipinski definition) is 1. The van der Waals surface area contributed by atoms with Crippen LogP contribution in [0.5, 0.6) is 0 Å². The molecule has 0 radical (unpaired) electrons. The minimum atomic E-state index is -3.38. The van der Waals surface area contributed by atoms with Crippen molar-refractivity contribution in [1.82, 2.24) is 8.61 Å². The van der Waals surface area contributed by atoms with Crippen LogP contribution < -0.4 is 5.73 Å². The Balaban J connectivity index is 2.73. The Kier molecular flexibility index (Phi) is 6.24. The number of nitrogens with two attached hydrogens (primary N) is 1. The van der Waals surface area contributed by atoms with Gasteiger partial charge in [-0.2, -0.15) is 17.0 Å². The Morgan fingerprint density at radius 1 is 1.44 bits per heavy atom. The molecular weight excluding hydrogens is 270 g/mol. The van der Waals surface area contributed by atoms with Gasteiger partial charge in [0.05, 0.1) is 0 Å². The van der Waals surface area contributed by atoms with Gasteiger partial charge in [0.1, 0.15) is 0 Å². The summed E-state index contributed by atoms with van der Waals surface area (Å²) in [6.07, 6.45) is 0.673. The van der Waals surface area contributed by atoms with Crippen LogP contribution in [0.1, 0.15) is 18.2 Å². The van der Waals surface area contributed by atoms with Gasteiger partial charge in [-0.1, -0.05) is 13.0 Å². The van der Waals surface area contributed by atoms with Gasteiger partial charge < -0.3 is 5.73 Å². The van der Waals surface area contributed by atoms with Crippen molar-refractivity contribution < 1.29 is 8.42 Å². The number of rotatable bonds is 8. The highest BCUT2D eigenvalue weighted by atomic mass is 32.2. The van der Waals surface area contributed by atoms with Crippen LogP contribution >= 0.6 is 11.3 Å². The van der Waals surface area contributed by atoms with E-state index in [1.54, 1.807) is 18.4 Å². The first-order valence-electron chi connectivity index (χ1n) is 5.96. The summed E-state index contributed by atoms with van der Waals surface area (Å²) in [6, 6.07) is 3.88. The van der Waals surface area contributed by atoms with Crippen LogP contribution in [0.3, 0.4) is 0 Å². The van der Waals surface area contributed by atoms with Crippen LogP contribution in [0.15, 0.2) is 17.5 Å². The molecule has 0 aliphatic carbocycles. The summed E-state index contributed by atoms with van der Waals surface area (Å²) in [5, 5.41) is 1.95. The van der Waals surface area contributed by atoms with Crippen LogP contribution in [0.2, 0.25) is 0 Å². The largest absolute Gasteiger partial charge is 0.330 e. The zero-order valence-corrected chi connectivity index (χ0v) is 12.5. The van der Waals surface area contributed by atoms with Crippen LogP contribution in [-0.4, -0.2) is 43.7 Å². The molecule has 0 saturated heterocycles. The van der Waals surface area contributed by atoms with Gasteiger partial charge in [-0.05, 0) is 24.4 Å². The van der Waals surface area contributed by atoms with Crippen molar-refractivity contribution in [3.05, 3.63) is 22.4 Å². The quantitative estimate of drug-likeness (QED) is 0.780. The standard InChI is InChI=1S/C11H21N3O2S2/c1-3-14(10-11-6-4-9-17-11)18(15,16)13(2)8-5-7-12/h4,6,9H,3,5,7-8,10,12H2,1-2H3. The molecule has 0 unspecified atom stereocenters. The van der Waals surface area contributed by atoms with E-state index in [0.29, 0.717) is 32.6 Å². The van der Waals surface area contributed by atoms with E-state index in [1.165, 1.54) is 8.61 Å². The molecule has 1 rings (SSSR count). The van der Waals surface area contributed by atoms with Gasteiger partial charge in [0.2, 0.25) is 0 Å². The zero-order valence-electron chi connectivity index (χ0n) is 10.9. The second-order valence-electron chi connectivity index (χ2n) is 3.98. The highest BCUT2D eigenvalue weighted by molar-refractivity contribution is 7.86. The van der Waals surface area contributed by atoms with Crippen molar-refractivity contribution in [3.63, 3.8) is 0 Å². The molecule has 7 heteroatoms. The summed E-state index contributed by atoms with van der Waals surface area (Å²) < 4.78 is 27.5. The van der Waals surface area contributed by atoms with E-state index in [-0.39, 0.29) is 0 Å². The monoisotopic (exact) mass is 291 g/mol. The lowest BCUT2D eigenvalue weighted by molar-refractivity contribution is 0.364. The van der Waals surface area contributed by atoms with E-state index < -0.39 is 10.2 Å². The molecule has 1 aromatic rings. The smallest absolute Gasteiger partial charge is 0.282 e. The molecule has 0 aromatic carbocycles. The lowest BCUT2D eigenvalue weighted by atomic mass is 10.4. The van der Waals surface area contributed by atoms with Crippen LogP contribution in [0.25, 0.3) is 0 Å². The van der Waals surface area contributed by atoms with Crippen molar-refractivity contribution in [2.75, 3.05) is 26.7 Å². The number of nitrogens with zero attached hydrogens (tertiary/aromatic N) is 2. The minimum absolute atomic E-state index is 0.434. The van der Waals surface area contributed by atoms with Crippen LogP contribution in [-0.2, 0) is 16.8 Å². The number of hydrogen-bond acceptors (Lipinski definition) is 4. The molecule has 0 atom stereocenters. The van der Waals surface area contributed by atoms with Gasteiger partial charge >= 0.3 is 0 Å². The van der Waals surface area contributed by atoms with E-state index in [1.807, 2.05) is 24.4 Å². The maximum Gasteiger partial charge on any atom is 0.282 e. The van der Waals surface area contributed by atoms with E-state index in [0.717, 1.165) is 4.88 Å². The molecule has 1 aromatic heterocycles. The van der Waals surface area contributed by atoms with E-state index in [4.69, 9.17) is 5.73 Å². The maximum atomic E-state index is 12.3. The molecule has 0 aliphatic rings. The van der Waals surface area contributed by atoms with Gasteiger partial charge in [0.25, 0.3) is 10.2 Å². The molecule has 0 amide bonds. The van der Waals surface area contributed by atoms with Crippen molar-refractivity contribution in [2.45, 2.75) is 19.9 Å². The fourth-order valence-corrected chi connectivity index (χ4v) is 3.74. The van der Waals surface area contributed by atoms with Gasteiger partial charge in [0, 0.05) is 31.6 Å². The van der Waals surface area contributed by atoms with E-state index in [9.17, 15) is 8.42 Å². The van der Waals surface area contributed by atoms with Crippen molar-refractivity contribution >= 4 is 21.5 Å². The molecule has 2 N–H and O–H groups in total. The summed E-state index contributed by atoms with van der Waals surface area (Å²) in [5.74, 6) is 0. The lowest BCUT2D eigenvalue weighted by Gasteiger charge is -2.26. The molecule has 0 bridgehead atoms. The van der Waals surface area contributed by atoms with Crippen LogP contribution in [0, 0.1) is 0 Å².